The van der Waals surface area contributed by atoms with Crippen LogP contribution in [-0.4, -0.2) is 16.9 Å². The summed E-state index contributed by atoms with van der Waals surface area (Å²) in [6.45, 7) is 2.44. The minimum atomic E-state index is -0.682. The minimum Gasteiger partial charge on any atom is -0.508 e. The summed E-state index contributed by atoms with van der Waals surface area (Å²) in [5, 5.41) is 12.4. The zero-order valence-corrected chi connectivity index (χ0v) is 14.8. The summed E-state index contributed by atoms with van der Waals surface area (Å²) in [7, 11) is 0. The Balaban J connectivity index is 2.02. The molecule has 0 aliphatic carbocycles. The molecule has 0 saturated carbocycles. The van der Waals surface area contributed by atoms with E-state index >= 15 is 0 Å². The van der Waals surface area contributed by atoms with Crippen molar-refractivity contribution in [3.63, 3.8) is 0 Å². The molecule has 2 aromatic rings. The Morgan fingerprint density at radius 3 is 1.88 bits per heavy atom. The second-order valence-corrected chi connectivity index (χ2v) is 6.38. The number of hydrogen-bond acceptors (Lipinski definition) is 4. The lowest BCUT2D eigenvalue weighted by Gasteiger charge is -2.28. The zero-order valence-electron chi connectivity index (χ0n) is 14.8. The van der Waals surface area contributed by atoms with Crippen molar-refractivity contribution >= 4 is 23.2 Å². The minimum absolute atomic E-state index is 0.105. The van der Waals surface area contributed by atoms with Crippen molar-refractivity contribution in [1.29, 1.82) is 0 Å². The predicted octanol–water partition coefficient (Wildman–Crippen LogP) is 2.95. The summed E-state index contributed by atoms with van der Waals surface area (Å²) in [6, 6.07) is 13.5. The van der Waals surface area contributed by atoms with Crippen molar-refractivity contribution in [2.24, 2.45) is 11.7 Å². The van der Waals surface area contributed by atoms with Crippen LogP contribution >= 0.6 is 0 Å². The van der Waals surface area contributed by atoms with Crippen LogP contribution < -0.4 is 15.8 Å². The molecule has 3 N–H and O–H groups in total. The highest BCUT2D eigenvalue weighted by Crippen LogP contribution is 2.34. The van der Waals surface area contributed by atoms with Crippen LogP contribution in [0, 0.1) is 5.92 Å². The largest absolute Gasteiger partial charge is 0.508 e. The molecular formula is C20H23N3O3. The molecule has 136 valence electrons. The van der Waals surface area contributed by atoms with E-state index in [1.165, 1.54) is 22.2 Å². The molecule has 0 bridgehead atoms. The van der Waals surface area contributed by atoms with Crippen LogP contribution in [0.25, 0.3) is 0 Å². The molecule has 0 radical (unpaired) electrons. The number of unbranched alkanes of at least 4 members (excludes halogenated alkanes) is 1. The Bertz CT molecular complexity index is 787. The number of hydrazine groups is 1. The van der Waals surface area contributed by atoms with E-state index in [1.807, 2.05) is 19.1 Å². The van der Waals surface area contributed by atoms with E-state index in [0.29, 0.717) is 24.3 Å². The highest BCUT2D eigenvalue weighted by molar-refractivity contribution is 6.23. The monoisotopic (exact) mass is 353 g/mol. The van der Waals surface area contributed by atoms with Gasteiger partial charge in [0.05, 0.1) is 11.4 Å². The molecular weight excluding hydrogens is 330 g/mol. The molecule has 1 unspecified atom stereocenters. The summed E-state index contributed by atoms with van der Waals surface area (Å²) in [6.07, 6.45) is 2.26. The average Bonchev–Trinajstić information content (AvgIpc) is 2.91. The second kappa shape index (κ2) is 7.58. The van der Waals surface area contributed by atoms with Crippen molar-refractivity contribution in [3.05, 3.63) is 54.1 Å². The van der Waals surface area contributed by atoms with E-state index in [4.69, 9.17) is 5.73 Å². The number of aromatic hydroxyl groups is 1. The Hall–Kier alpha value is -2.86. The summed E-state index contributed by atoms with van der Waals surface area (Å²) in [5.74, 6) is -1.04. The van der Waals surface area contributed by atoms with Crippen LogP contribution in [0.3, 0.4) is 0 Å². The number of carbonyl (C=O) groups excluding carboxylic acids is 2. The Morgan fingerprint density at radius 2 is 1.42 bits per heavy atom. The Labute approximate surface area is 152 Å². The third kappa shape index (κ3) is 3.28. The van der Waals surface area contributed by atoms with Crippen molar-refractivity contribution in [3.8, 4) is 5.75 Å². The number of carbonyl (C=O) groups is 2. The first kappa shape index (κ1) is 17.9. The number of anilines is 2. The molecule has 1 aliphatic heterocycles. The lowest BCUT2D eigenvalue weighted by molar-refractivity contribution is -0.127. The van der Waals surface area contributed by atoms with Gasteiger partial charge in [-0.2, -0.15) is 0 Å². The molecule has 0 aromatic heterocycles. The maximum atomic E-state index is 13.0. The lowest BCUT2D eigenvalue weighted by atomic mass is 10.0. The predicted molar refractivity (Wildman–Crippen MR) is 100 cm³/mol. The van der Waals surface area contributed by atoms with E-state index in [2.05, 4.69) is 0 Å². The van der Waals surface area contributed by atoms with Crippen LogP contribution in [0.1, 0.15) is 31.7 Å². The van der Waals surface area contributed by atoms with E-state index in [-0.39, 0.29) is 17.6 Å². The van der Waals surface area contributed by atoms with Gasteiger partial charge in [-0.3, -0.25) is 9.59 Å². The maximum absolute atomic E-state index is 13.0. The first-order valence-corrected chi connectivity index (χ1v) is 8.82. The van der Waals surface area contributed by atoms with Crippen LogP contribution in [0.15, 0.2) is 48.5 Å². The first-order valence-electron chi connectivity index (χ1n) is 8.82. The van der Waals surface area contributed by atoms with Gasteiger partial charge in [0.15, 0.2) is 0 Å². The first-order chi connectivity index (χ1) is 12.6. The smallest absolute Gasteiger partial charge is 0.258 e. The topological polar surface area (TPSA) is 86.9 Å². The van der Waals surface area contributed by atoms with E-state index in [1.54, 1.807) is 24.3 Å². The highest BCUT2D eigenvalue weighted by atomic mass is 16.3. The quantitative estimate of drug-likeness (QED) is 0.782. The van der Waals surface area contributed by atoms with Gasteiger partial charge in [0.1, 0.15) is 11.7 Å². The van der Waals surface area contributed by atoms with Crippen LogP contribution in [-0.2, 0) is 16.1 Å². The van der Waals surface area contributed by atoms with Gasteiger partial charge < -0.3 is 10.8 Å². The van der Waals surface area contributed by atoms with E-state index < -0.39 is 5.92 Å². The average molecular weight is 353 g/mol. The third-order valence-corrected chi connectivity index (χ3v) is 4.57. The molecule has 0 spiro atoms. The number of phenols is 1. The van der Waals surface area contributed by atoms with Crippen molar-refractivity contribution in [2.45, 2.75) is 32.7 Å². The van der Waals surface area contributed by atoms with Gasteiger partial charge in [-0.25, -0.2) is 10.0 Å². The number of amides is 2. The molecule has 6 heteroatoms. The van der Waals surface area contributed by atoms with E-state index in [9.17, 15) is 14.7 Å². The summed E-state index contributed by atoms with van der Waals surface area (Å²) >= 11 is 0. The van der Waals surface area contributed by atoms with Crippen LogP contribution in [0.4, 0.5) is 11.4 Å². The second-order valence-electron chi connectivity index (χ2n) is 6.38. The molecule has 3 rings (SSSR count). The Kier molecular flexibility index (Phi) is 5.23. The van der Waals surface area contributed by atoms with Crippen LogP contribution in [0.5, 0.6) is 5.75 Å². The molecule has 1 atom stereocenters. The number of benzene rings is 2. The number of rotatable bonds is 6. The van der Waals surface area contributed by atoms with Gasteiger partial charge in [-0.1, -0.05) is 31.9 Å². The van der Waals surface area contributed by atoms with Gasteiger partial charge in [0, 0.05) is 6.54 Å². The Morgan fingerprint density at radius 1 is 0.923 bits per heavy atom. The number of hydrogen-bond donors (Lipinski definition) is 2. The number of nitrogens with zero attached hydrogens (tertiary/aromatic N) is 2. The van der Waals surface area contributed by atoms with Gasteiger partial charge in [-0.05, 0) is 48.4 Å². The summed E-state index contributed by atoms with van der Waals surface area (Å²) < 4.78 is 0. The fourth-order valence-electron chi connectivity index (χ4n) is 3.11. The highest BCUT2D eigenvalue weighted by Gasteiger charge is 2.46. The standard InChI is InChI=1S/C20H23N3O3/c1-2-3-4-18-19(25)22(15-7-5-14(13-21)6-8-15)23(20(18)26)16-9-11-17(24)12-10-16/h5-12,18,24H,2-4,13,21H2,1H3. The maximum Gasteiger partial charge on any atom is 0.258 e. The van der Waals surface area contributed by atoms with Gasteiger partial charge >= 0.3 is 0 Å². The fourth-order valence-corrected chi connectivity index (χ4v) is 3.11. The van der Waals surface area contributed by atoms with Crippen LogP contribution in [0.2, 0.25) is 0 Å². The fraction of sp³-hybridized carbons (Fsp3) is 0.300. The summed E-state index contributed by atoms with van der Waals surface area (Å²) in [4.78, 5) is 26.0. The lowest BCUT2D eigenvalue weighted by Crippen LogP contribution is -2.41. The van der Waals surface area contributed by atoms with Crippen molar-refractivity contribution < 1.29 is 14.7 Å². The van der Waals surface area contributed by atoms with E-state index in [0.717, 1.165) is 18.4 Å². The van der Waals surface area contributed by atoms with Crippen molar-refractivity contribution in [2.75, 3.05) is 10.0 Å². The third-order valence-electron chi connectivity index (χ3n) is 4.57. The number of phenolic OH excluding ortho intramolecular Hbond substituents is 1. The molecule has 2 amide bonds. The molecule has 2 aromatic carbocycles. The summed E-state index contributed by atoms with van der Waals surface area (Å²) in [5.41, 5.74) is 7.76. The molecule has 6 nitrogen and oxygen atoms in total. The van der Waals surface area contributed by atoms with Gasteiger partial charge in [-0.15, -0.1) is 0 Å². The normalized spacial score (nSPS) is 17.2. The molecule has 26 heavy (non-hydrogen) atoms. The number of nitrogens with two attached hydrogens (primary N) is 1. The zero-order chi connectivity index (χ0) is 18.7. The SMILES string of the molecule is CCCCC1C(=O)N(c2ccc(O)cc2)N(c2ccc(CN)cc2)C1=O. The molecule has 1 heterocycles. The molecule has 1 fully saturated rings. The van der Waals surface area contributed by atoms with Gasteiger partial charge in [0.2, 0.25) is 0 Å². The molecule has 1 aliphatic rings. The van der Waals surface area contributed by atoms with Crippen molar-refractivity contribution in [1.82, 2.24) is 0 Å². The van der Waals surface area contributed by atoms with Gasteiger partial charge in [0.25, 0.3) is 11.8 Å². The molecule has 1 saturated heterocycles.